The highest BCUT2D eigenvalue weighted by atomic mass is 16.5. The molecule has 3 aromatic rings. The van der Waals surface area contributed by atoms with E-state index in [0.29, 0.717) is 25.5 Å². The van der Waals surface area contributed by atoms with Gasteiger partial charge in [-0.2, -0.15) is 0 Å². The van der Waals surface area contributed by atoms with Gasteiger partial charge in [-0.3, -0.25) is 19.6 Å². The summed E-state index contributed by atoms with van der Waals surface area (Å²) in [5, 5.41) is 4.18. The zero-order valence-corrected chi connectivity index (χ0v) is 20.7. The van der Waals surface area contributed by atoms with Gasteiger partial charge in [0.2, 0.25) is 5.76 Å². The zero-order chi connectivity index (χ0) is 24.3. The minimum atomic E-state index is -0.0727. The van der Waals surface area contributed by atoms with Crippen molar-refractivity contribution in [2.45, 2.75) is 45.3 Å². The first kappa shape index (κ1) is 23.2. The number of fused-ring (bicyclic) bond motifs is 2. The van der Waals surface area contributed by atoms with E-state index in [1.807, 2.05) is 17.2 Å². The van der Waals surface area contributed by atoms with Crippen LogP contribution in [0.15, 0.2) is 47.1 Å². The van der Waals surface area contributed by atoms with Crippen LogP contribution in [0.25, 0.3) is 0 Å². The zero-order valence-electron chi connectivity index (χ0n) is 20.7. The Hall–Kier alpha value is -3.23. The molecule has 0 unspecified atom stereocenters. The van der Waals surface area contributed by atoms with Gasteiger partial charge in [-0.15, -0.1) is 0 Å². The van der Waals surface area contributed by atoms with Crippen LogP contribution in [0.3, 0.4) is 0 Å². The number of amides is 1. The minimum absolute atomic E-state index is 0.0727. The Morgan fingerprint density at radius 3 is 2.61 bits per heavy atom. The van der Waals surface area contributed by atoms with Crippen molar-refractivity contribution in [3.8, 4) is 5.75 Å². The lowest BCUT2D eigenvalue weighted by Gasteiger charge is -2.34. The highest BCUT2D eigenvalue weighted by molar-refractivity contribution is 5.93. The third kappa shape index (κ3) is 5.01. The number of rotatable bonds is 5. The number of hydrogen-bond donors (Lipinski definition) is 0. The molecule has 2 aliphatic heterocycles. The average Bonchev–Trinajstić information content (AvgIpc) is 3.23. The van der Waals surface area contributed by atoms with E-state index in [4.69, 9.17) is 9.26 Å². The fourth-order valence-corrected chi connectivity index (χ4v) is 5.51. The molecule has 0 spiro atoms. The molecular weight excluding hydrogens is 454 g/mol. The largest absolute Gasteiger partial charge is 0.491 e. The van der Waals surface area contributed by atoms with Crippen molar-refractivity contribution in [2.75, 3.05) is 39.3 Å². The van der Waals surface area contributed by atoms with Crippen molar-refractivity contribution < 1.29 is 14.1 Å². The standard InChI is InChI=1S/C28H33N5O3/c34-28(27-24-6-1-2-7-25(24)30-36-27)33-15-16-35-26-9-8-21(17-22(26)19-33)18-31-11-13-32(14-12-31)20-23-5-3-4-10-29-23/h3-5,8-10,17H,1-2,6-7,11-16,18-20H2. The van der Waals surface area contributed by atoms with Crippen LogP contribution in [-0.2, 0) is 32.5 Å². The van der Waals surface area contributed by atoms with Crippen LogP contribution in [0.4, 0.5) is 0 Å². The van der Waals surface area contributed by atoms with Crippen molar-refractivity contribution in [3.05, 3.63) is 76.4 Å². The van der Waals surface area contributed by atoms with Gasteiger partial charge < -0.3 is 14.2 Å². The van der Waals surface area contributed by atoms with Crippen LogP contribution >= 0.6 is 0 Å². The monoisotopic (exact) mass is 487 g/mol. The molecule has 1 aromatic carbocycles. The lowest BCUT2D eigenvalue weighted by atomic mass is 9.96. The van der Waals surface area contributed by atoms with E-state index in [0.717, 1.165) is 93.2 Å². The maximum Gasteiger partial charge on any atom is 0.293 e. The van der Waals surface area contributed by atoms with Crippen molar-refractivity contribution in [1.82, 2.24) is 24.8 Å². The van der Waals surface area contributed by atoms with Gasteiger partial charge in [0.25, 0.3) is 5.91 Å². The molecule has 6 rings (SSSR count). The van der Waals surface area contributed by atoms with Crippen LogP contribution in [0.5, 0.6) is 5.75 Å². The Morgan fingerprint density at radius 2 is 1.78 bits per heavy atom. The lowest BCUT2D eigenvalue weighted by Crippen LogP contribution is -2.45. The van der Waals surface area contributed by atoms with E-state index >= 15 is 0 Å². The second-order valence-electron chi connectivity index (χ2n) is 10.0. The van der Waals surface area contributed by atoms with Gasteiger partial charge >= 0.3 is 0 Å². The highest BCUT2D eigenvalue weighted by Gasteiger charge is 2.29. The number of ether oxygens (including phenoxy) is 1. The Bertz CT molecular complexity index is 1200. The molecule has 0 bridgehead atoms. The molecule has 0 N–H and O–H groups in total. The fraction of sp³-hybridized carbons (Fsp3) is 0.464. The van der Waals surface area contributed by atoms with E-state index < -0.39 is 0 Å². The second kappa shape index (κ2) is 10.4. The lowest BCUT2D eigenvalue weighted by molar-refractivity contribution is 0.0689. The first-order valence-electron chi connectivity index (χ1n) is 13.1. The summed E-state index contributed by atoms with van der Waals surface area (Å²) in [6.07, 6.45) is 5.84. The number of carbonyl (C=O) groups excluding carboxylic acids is 1. The molecule has 36 heavy (non-hydrogen) atoms. The Kier molecular flexibility index (Phi) is 6.70. The van der Waals surface area contributed by atoms with Crippen molar-refractivity contribution in [3.63, 3.8) is 0 Å². The highest BCUT2D eigenvalue weighted by Crippen LogP contribution is 2.29. The summed E-state index contributed by atoms with van der Waals surface area (Å²) >= 11 is 0. The van der Waals surface area contributed by atoms with Gasteiger partial charge in [-0.25, -0.2) is 0 Å². The fourth-order valence-electron chi connectivity index (χ4n) is 5.51. The summed E-state index contributed by atoms with van der Waals surface area (Å²) in [6, 6.07) is 12.5. The van der Waals surface area contributed by atoms with E-state index in [2.05, 4.69) is 50.3 Å². The third-order valence-corrected chi connectivity index (χ3v) is 7.53. The maximum atomic E-state index is 13.4. The number of piperazine rings is 1. The maximum absolute atomic E-state index is 13.4. The molecule has 3 aliphatic rings. The SMILES string of the molecule is O=C(c1onc2c1CCCC2)N1CCOc2ccc(CN3CCN(Cc4ccccn4)CC3)cc2C1. The van der Waals surface area contributed by atoms with Crippen LogP contribution in [0.1, 0.15) is 51.5 Å². The molecule has 2 aromatic heterocycles. The summed E-state index contributed by atoms with van der Waals surface area (Å²) < 4.78 is 11.5. The van der Waals surface area contributed by atoms with E-state index in [1.54, 1.807) is 0 Å². The smallest absolute Gasteiger partial charge is 0.293 e. The van der Waals surface area contributed by atoms with Crippen molar-refractivity contribution >= 4 is 5.91 Å². The molecule has 8 heteroatoms. The Labute approximate surface area is 211 Å². The molecule has 0 atom stereocenters. The van der Waals surface area contributed by atoms with Gasteiger partial charge in [0.05, 0.1) is 17.9 Å². The van der Waals surface area contributed by atoms with Gasteiger partial charge in [0, 0.05) is 63.1 Å². The molecule has 1 aliphatic carbocycles. The quantitative estimate of drug-likeness (QED) is 0.547. The summed E-state index contributed by atoms with van der Waals surface area (Å²) in [4.78, 5) is 24.7. The molecule has 0 radical (unpaired) electrons. The molecule has 4 heterocycles. The normalized spacial score (nSPS) is 18.7. The van der Waals surface area contributed by atoms with Crippen molar-refractivity contribution in [1.29, 1.82) is 0 Å². The predicted octanol–water partition coefficient (Wildman–Crippen LogP) is 3.30. The Morgan fingerprint density at radius 1 is 0.944 bits per heavy atom. The van der Waals surface area contributed by atoms with E-state index in [-0.39, 0.29) is 5.91 Å². The van der Waals surface area contributed by atoms with Gasteiger partial charge in [-0.05, 0) is 55.5 Å². The number of benzene rings is 1. The summed E-state index contributed by atoms with van der Waals surface area (Å²) in [5.74, 6) is 1.22. The Balaban J connectivity index is 1.09. The third-order valence-electron chi connectivity index (χ3n) is 7.53. The molecule has 188 valence electrons. The first-order valence-corrected chi connectivity index (χ1v) is 13.1. The molecular formula is C28H33N5O3. The van der Waals surface area contributed by atoms with Gasteiger partial charge in [0.1, 0.15) is 12.4 Å². The van der Waals surface area contributed by atoms with Gasteiger partial charge in [-0.1, -0.05) is 17.3 Å². The van der Waals surface area contributed by atoms with E-state index in [9.17, 15) is 4.79 Å². The summed E-state index contributed by atoms with van der Waals surface area (Å²) in [5.41, 5.74) is 5.40. The predicted molar refractivity (Wildman–Crippen MR) is 135 cm³/mol. The van der Waals surface area contributed by atoms with Crippen LogP contribution in [0.2, 0.25) is 0 Å². The molecule has 1 amide bonds. The first-order chi connectivity index (χ1) is 17.7. The topological polar surface area (TPSA) is 74.9 Å². The average molecular weight is 488 g/mol. The number of nitrogens with zero attached hydrogens (tertiary/aromatic N) is 5. The van der Waals surface area contributed by atoms with E-state index in [1.165, 1.54) is 5.56 Å². The number of pyridine rings is 1. The molecule has 1 saturated heterocycles. The second-order valence-corrected chi connectivity index (χ2v) is 10.0. The molecule has 1 fully saturated rings. The minimum Gasteiger partial charge on any atom is -0.491 e. The van der Waals surface area contributed by atoms with Gasteiger partial charge in [0.15, 0.2) is 0 Å². The molecule has 8 nitrogen and oxygen atoms in total. The summed E-state index contributed by atoms with van der Waals surface area (Å²) in [6.45, 7) is 7.47. The van der Waals surface area contributed by atoms with Crippen LogP contribution in [0, 0.1) is 0 Å². The van der Waals surface area contributed by atoms with Crippen LogP contribution < -0.4 is 4.74 Å². The number of hydrogen-bond acceptors (Lipinski definition) is 7. The number of aryl methyl sites for hydroxylation is 1. The van der Waals surface area contributed by atoms with Crippen molar-refractivity contribution in [2.24, 2.45) is 0 Å². The van der Waals surface area contributed by atoms with Crippen LogP contribution in [-0.4, -0.2) is 70.1 Å². The molecule has 0 saturated carbocycles. The summed E-state index contributed by atoms with van der Waals surface area (Å²) in [7, 11) is 0. The number of aromatic nitrogens is 2. The number of carbonyl (C=O) groups is 1.